The van der Waals surface area contributed by atoms with Crippen LogP contribution in [0.1, 0.15) is 23.6 Å². The van der Waals surface area contributed by atoms with Crippen molar-refractivity contribution in [1.82, 2.24) is 4.98 Å². The van der Waals surface area contributed by atoms with E-state index >= 15 is 0 Å². The summed E-state index contributed by atoms with van der Waals surface area (Å²) in [6, 6.07) is 8.10. The Morgan fingerprint density at radius 2 is 2.13 bits per heavy atom. The number of carbonyl (C=O) groups excluding carboxylic acids is 1. The Bertz CT molecular complexity index is 815. The quantitative estimate of drug-likeness (QED) is 0.711. The molecule has 0 aliphatic heterocycles. The number of aromatic nitrogens is 1. The average molecular weight is 420 g/mol. The van der Waals surface area contributed by atoms with E-state index in [1.54, 1.807) is 32.2 Å². The second-order valence-electron chi connectivity index (χ2n) is 5.48. The van der Waals surface area contributed by atoms with Gasteiger partial charge in [-0.2, -0.15) is 0 Å². The lowest BCUT2D eigenvalue weighted by molar-refractivity contribution is -0.116. The van der Waals surface area contributed by atoms with Gasteiger partial charge in [0.25, 0.3) is 0 Å². The molecule has 0 fully saturated rings. The van der Waals surface area contributed by atoms with Crippen molar-refractivity contribution in [2.24, 2.45) is 0 Å². The molecule has 1 aliphatic carbocycles. The Morgan fingerprint density at radius 1 is 1.35 bits per heavy atom. The first-order chi connectivity index (χ1) is 11.0. The number of hydrogen-bond acceptors (Lipinski definition) is 3. The van der Waals surface area contributed by atoms with Gasteiger partial charge in [-0.05, 0) is 63.9 Å². The van der Waals surface area contributed by atoms with Crippen LogP contribution in [-0.2, 0) is 11.2 Å². The molecule has 23 heavy (non-hydrogen) atoms. The predicted octanol–water partition coefficient (Wildman–Crippen LogP) is 3.77. The van der Waals surface area contributed by atoms with Gasteiger partial charge in [-0.15, -0.1) is 0 Å². The molecule has 1 aromatic heterocycles. The van der Waals surface area contributed by atoms with Crippen LogP contribution in [0.2, 0.25) is 0 Å². The fraction of sp³-hybridized carbons (Fsp3) is 0.222. The number of fused-ring (bicyclic) bond motifs is 1. The zero-order valence-corrected chi connectivity index (χ0v) is 15.4. The first kappa shape index (κ1) is 16.0. The Balaban J connectivity index is 1.97. The molecular formula is C18H17IN2O2. The van der Waals surface area contributed by atoms with E-state index in [4.69, 9.17) is 4.74 Å². The van der Waals surface area contributed by atoms with Crippen LogP contribution in [0.5, 0.6) is 5.88 Å². The van der Waals surface area contributed by atoms with Gasteiger partial charge < -0.3 is 9.64 Å². The van der Waals surface area contributed by atoms with Crippen molar-refractivity contribution in [3.63, 3.8) is 0 Å². The largest absolute Gasteiger partial charge is 0.481 e. The minimum Gasteiger partial charge on any atom is -0.481 e. The van der Waals surface area contributed by atoms with E-state index < -0.39 is 0 Å². The molecule has 0 N–H and O–H groups in total. The molecule has 0 radical (unpaired) electrons. The molecule has 4 nitrogen and oxygen atoms in total. The lowest BCUT2D eigenvalue weighted by Gasteiger charge is -2.16. The summed E-state index contributed by atoms with van der Waals surface area (Å²) in [6.45, 7) is 1.57. The monoisotopic (exact) mass is 420 g/mol. The summed E-state index contributed by atoms with van der Waals surface area (Å²) in [5.41, 5.74) is 5.55. The maximum absolute atomic E-state index is 11.5. The Morgan fingerprint density at radius 3 is 2.83 bits per heavy atom. The van der Waals surface area contributed by atoms with Gasteiger partial charge in [0.05, 0.1) is 12.7 Å². The number of hydrogen-bond donors (Lipinski definition) is 0. The van der Waals surface area contributed by atoms with Crippen molar-refractivity contribution in [3.05, 3.63) is 50.7 Å². The van der Waals surface area contributed by atoms with Gasteiger partial charge in [-0.3, -0.25) is 4.79 Å². The number of anilines is 1. The molecular weight excluding hydrogens is 403 g/mol. The van der Waals surface area contributed by atoms with Crippen molar-refractivity contribution in [2.75, 3.05) is 19.1 Å². The normalized spacial score (nSPS) is 12.6. The highest BCUT2D eigenvalue weighted by atomic mass is 127. The Kier molecular flexibility index (Phi) is 4.39. The zero-order chi connectivity index (χ0) is 16.6. The predicted molar refractivity (Wildman–Crippen MR) is 101 cm³/mol. The van der Waals surface area contributed by atoms with E-state index in [2.05, 4.69) is 45.8 Å². The summed E-state index contributed by atoms with van der Waals surface area (Å²) in [5, 5.41) is 0. The van der Waals surface area contributed by atoms with Crippen LogP contribution in [-0.4, -0.2) is 25.0 Å². The van der Waals surface area contributed by atoms with Crippen LogP contribution in [0.4, 0.5) is 5.69 Å². The van der Waals surface area contributed by atoms with E-state index in [1.165, 1.54) is 16.7 Å². The first-order valence-electron chi connectivity index (χ1n) is 7.28. The van der Waals surface area contributed by atoms with Crippen LogP contribution >= 0.6 is 22.6 Å². The first-order valence-corrected chi connectivity index (χ1v) is 8.35. The molecule has 0 spiro atoms. The minimum atomic E-state index is 0.0274. The molecule has 0 atom stereocenters. The molecule has 0 unspecified atom stereocenters. The van der Waals surface area contributed by atoms with Crippen LogP contribution in [0, 0.1) is 3.57 Å². The standard InChI is InChI=1S/C18H17IN2O2/c1-11(22)21(2)15-5-4-12-8-14(9-13(12)10-15)17-16(19)6-7-20-18(17)23-3/h4-8,10H,9H2,1-3H3. The Hall–Kier alpha value is -1.89. The van der Waals surface area contributed by atoms with Crippen molar-refractivity contribution in [2.45, 2.75) is 13.3 Å². The molecule has 0 saturated carbocycles. The van der Waals surface area contributed by atoms with Gasteiger partial charge in [0.2, 0.25) is 11.8 Å². The zero-order valence-electron chi connectivity index (χ0n) is 13.3. The number of halogens is 1. The summed E-state index contributed by atoms with van der Waals surface area (Å²) in [7, 11) is 3.44. The third kappa shape index (κ3) is 2.97. The van der Waals surface area contributed by atoms with Crippen molar-refractivity contribution in [3.8, 4) is 5.88 Å². The molecule has 0 bridgehead atoms. The number of methoxy groups -OCH3 is 1. The van der Waals surface area contributed by atoms with Gasteiger partial charge in [-0.1, -0.05) is 12.1 Å². The fourth-order valence-corrected chi connectivity index (χ4v) is 3.48. The maximum Gasteiger partial charge on any atom is 0.223 e. The lowest BCUT2D eigenvalue weighted by atomic mass is 10.0. The third-order valence-electron chi connectivity index (χ3n) is 4.08. The number of ether oxygens (including phenoxy) is 1. The summed E-state index contributed by atoms with van der Waals surface area (Å²) in [6.07, 6.45) is 4.74. The van der Waals surface area contributed by atoms with Crippen molar-refractivity contribution < 1.29 is 9.53 Å². The molecule has 118 valence electrons. The third-order valence-corrected chi connectivity index (χ3v) is 4.98. The molecule has 3 rings (SSSR count). The number of amides is 1. The second-order valence-corrected chi connectivity index (χ2v) is 6.65. The highest BCUT2D eigenvalue weighted by Gasteiger charge is 2.21. The van der Waals surface area contributed by atoms with Crippen LogP contribution in [0.3, 0.4) is 0 Å². The average Bonchev–Trinajstić information content (AvgIpc) is 2.95. The SMILES string of the molecule is COc1nccc(I)c1C1=Cc2ccc(N(C)C(C)=O)cc2C1. The smallest absolute Gasteiger partial charge is 0.223 e. The minimum absolute atomic E-state index is 0.0274. The van der Waals surface area contributed by atoms with Crippen molar-refractivity contribution in [1.29, 1.82) is 0 Å². The summed E-state index contributed by atoms with van der Waals surface area (Å²) < 4.78 is 6.54. The highest BCUT2D eigenvalue weighted by Crippen LogP contribution is 2.38. The maximum atomic E-state index is 11.5. The second kappa shape index (κ2) is 6.31. The highest BCUT2D eigenvalue weighted by molar-refractivity contribution is 14.1. The van der Waals surface area contributed by atoms with E-state index in [1.807, 2.05) is 12.1 Å². The molecule has 1 heterocycles. The number of rotatable bonds is 3. The topological polar surface area (TPSA) is 42.4 Å². The molecule has 1 amide bonds. The number of pyridine rings is 1. The molecule has 5 heteroatoms. The molecule has 0 saturated heterocycles. The van der Waals surface area contributed by atoms with Crippen LogP contribution < -0.4 is 9.64 Å². The van der Waals surface area contributed by atoms with Crippen molar-refractivity contribution >= 4 is 45.8 Å². The summed E-state index contributed by atoms with van der Waals surface area (Å²) in [4.78, 5) is 17.5. The fourth-order valence-electron chi connectivity index (χ4n) is 2.75. The number of allylic oxidation sites excluding steroid dienone is 1. The molecule has 1 aromatic carbocycles. The van der Waals surface area contributed by atoms with Crippen LogP contribution in [0.15, 0.2) is 30.5 Å². The van der Waals surface area contributed by atoms with Gasteiger partial charge >= 0.3 is 0 Å². The molecule has 1 aliphatic rings. The lowest BCUT2D eigenvalue weighted by Crippen LogP contribution is -2.22. The van der Waals surface area contributed by atoms with E-state index in [0.29, 0.717) is 5.88 Å². The number of carbonyl (C=O) groups is 1. The number of nitrogens with zero attached hydrogens (tertiary/aromatic N) is 2. The van der Waals surface area contributed by atoms with E-state index in [9.17, 15) is 4.79 Å². The van der Waals surface area contributed by atoms with Gasteiger partial charge in [0.15, 0.2) is 0 Å². The Labute approximate surface area is 149 Å². The van der Waals surface area contributed by atoms with E-state index in [-0.39, 0.29) is 5.91 Å². The van der Waals surface area contributed by atoms with Gasteiger partial charge in [0.1, 0.15) is 0 Å². The summed E-state index contributed by atoms with van der Waals surface area (Å²) >= 11 is 2.31. The van der Waals surface area contributed by atoms with E-state index in [0.717, 1.165) is 21.2 Å². The van der Waals surface area contributed by atoms with Crippen LogP contribution in [0.25, 0.3) is 11.6 Å². The molecule has 2 aromatic rings. The van der Waals surface area contributed by atoms with Gasteiger partial charge in [0, 0.05) is 29.4 Å². The summed E-state index contributed by atoms with van der Waals surface area (Å²) in [5.74, 6) is 0.677. The van der Waals surface area contributed by atoms with Gasteiger partial charge in [-0.25, -0.2) is 4.98 Å². The number of benzene rings is 1.